The van der Waals surface area contributed by atoms with E-state index in [2.05, 4.69) is 0 Å². The molecule has 3 aliphatic rings. The third kappa shape index (κ3) is 3.22. The van der Waals surface area contributed by atoms with E-state index in [4.69, 9.17) is 9.47 Å². The lowest BCUT2D eigenvalue weighted by atomic mass is 9.85. The quantitative estimate of drug-likeness (QED) is 0.296. The molecule has 0 unspecified atom stereocenters. The van der Waals surface area contributed by atoms with Crippen LogP contribution in [0.1, 0.15) is 30.6 Å². The van der Waals surface area contributed by atoms with E-state index in [9.17, 15) is 19.2 Å². The van der Waals surface area contributed by atoms with Crippen LogP contribution in [0, 0.1) is 29.6 Å². The Morgan fingerprint density at radius 2 is 1.60 bits per heavy atom. The highest BCUT2D eigenvalue weighted by molar-refractivity contribution is 6.09. The minimum atomic E-state index is -1.03. The Morgan fingerprint density at radius 1 is 1.03 bits per heavy atom. The molecule has 5 atom stereocenters. The number of benzene rings is 1. The molecule has 0 N–H and O–H groups in total. The number of rotatable bonds is 7. The van der Waals surface area contributed by atoms with Gasteiger partial charge in [0.25, 0.3) is 0 Å². The monoisotopic (exact) mass is 411 g/mol. The molecule has 1 aliphatic heterocycles. The highest BCUT2D eigenvalue weighted by Gasteiger charge is 2.61. The molecule has 0 spiro atoms. The molecule has 2 amide bonds. The second-order valence-corrected chi connectivity index (χ2v) is 8.49. The number of nitrogens with zero attached hydrogens (tertiary/aromatic N) is 1. The van der Waals surface area contributed by atoms with E-state index in [1.165, 1.54) is 7.11 Å². The van der Waals surface area contributed by atoms with Crippen molar-refractivity contribution in [1.29, 1.82) is 0 Å². The smallest absolute Gasteiger partial charge is 0.330 e. The zero-order chi connectivity index (χ0) is 21.6. The van der Waals surface area contributed by atoms with Gasteiger partial charge in [-0.15, -0.1) is 0 Å². The Labute approximate surface area is 175 Å². The summed E-state index contributed by atoms with van der Waals surface area (Å²) >= 11 is 0. The van der Waals surface area contributed by atoms with Gasteiger partial charge in [0.2, 0.25) is 11.8 Å². The number of imide groups is 1. The fourth-order valence-electron chi connectivity index (χ4n) is 4.96. The van der Waals surface area contributed by atoms with Crippen LogP contribution in [0.15, 0.2) is 36.4 Å². The van der Waals surface area contributed by atoms with Gasteiger partial charge in [-0.25, -0.2) is 4.79 Å². The summed E-state index contributed by atoms with van der Waals surface area (Å²) in [5.41, 5.74) is 0.384. The predicted molar refractivity (Wildman–Crippen MR) is 106 cm³/mol. The molecule has 2 fully saturated rings. The molecule has 1 saturated carbocycles. The van der Waals surface area contributed by atoms with E-state index in [1.807, 2.05) is 12.2 Å². The van der Waals surface area contributed by atoms with Crippen molar-refractivity contribution in [2.45, 2.75) is 26.3 Å². The SMILES string of the molecule is COc1ccc(C(=O)COC(=O)[C@@H](C(C)C)N2C(=O)[C@@H]3[C@H](C2=O)[C@@H]2C=C[C@H]3C2)cc1. The van der Waals surface area contributed by atoms with Crippen molar-refractivity contribution in [2.24, 2.45) is 29.6 Å². The summed E-state index contributed by atoms with van der Waals surface area (Å²) in [5.74, 6) is -2.00. The van der Waals surface area contributed by atoms with E-state index in [0.717, 1.165) is 11.3 Å². The number of carbonyl (C=O) groups excluding carboxylic acids is 4. The first kappa shape index (κ1) is 20.3. The predicted octanol–water partition coefficient (Wildman–Crippen LogP) is 2.25. The van der Waals surface area contributed by atoms with Crippen LogP contribution in [-0.2, 0) is 19.1 Å². The molecule has 2 bridgehead atoms. The number of esters is 1. The number of hydrogen-bond acceptors (Lipinski definition) is 6. The van der Waals surface area contributed by atoms with Crippen molar-refractivity contribution < 1.29 is 28.7 Å². The Bertz CT molecular complexity index is 888. The molecule has 4 rings (SSSR count). The van der Waals surface area contributed by atoms with Crippen molar-refractivity contribution in [2.75, 3.05) is 13.7 Å². The normalized spacial score (nSPS) is 27.5. The second kappa shape index (κ2) is 7.70. The van der Waals surface area contributed by atoms with Gasteiger partial charge >= 0.3 is 5.97 Å². The van der Waals surface area contributed by atoms with Gasteiger partial charge in [-0.3, -0.25) is 19.3 Å². The zero-order valence-corrected chi connectivity index (χ0v) is 17.2. The number of likely N-dealkylation sites (tertiary alicyclic amines) is 1. The summed E-state index contributed by atoms with van der Waals surface area (Å²) in [4.78, 5) is 52.4. The van der Waals surface area contributed by atoms with Crippen molar-refractivity contribution in [3.05, 3.63) is 42.0 Å². The van der Waals surface area contributed by atoms with E-state index in [1.54, 1.807) is 38.1 Å². The van der Waals surface area contributed by atoms with Gasteiger partial charge in [0, 0.05) is 5.56 Å². The highest BCUT2D eigenvalue weighted by atomic mass is 16.5. The molecule has 1 saturated heterocycles. The topological polar surface area (TPSA) is 90.0 Å². The largest absolute Gasteiger partial charge is 0.497 e. The van der Waals surface area contributed by atoms with Crippen molar-refractivity contribution in [3.63, 3.8) is 0 Å². The van der Waals surface area contributed by atoms with Gasteiger partial charge in [0.1, 0.15) is 11.8 Å². The average molecular weight is 411 g/mol. The number of ketones is 1. The minimum absolute atomic E-state index is 0.0712. The molecule has 158 valence electrons. The minimum Gasteiger partial charge on any atom is -0.497 e. The molecule has 0 radical (unpaired) electrons. The first-order valence-electron chi connectivity index (χ1n) is 10.2. The van der Waals surface area contributed by atoms with Crippen LogP contribution in [0.4, 0.5) is 0 Å². The van der Waals surface area contributed by atoms with Crippen molar-refractivity contribution in [1.82, 2.24) is 4.90 Å². The van der Waals surface area contributed by atoms with Gasteiger partial charge in [0.05, 0.1) is 18.9 Å². The van der Waals surface area contributed by atoms with Crippen molar-refractivity contribution >= 4 is 23.6 Å². The maximum absolute atomic E-state index is 13.0. The maximum atomic E-state index is 13.0. The molecule has 1 heterocycles. The summed E-state index contributed by atoms with van der Waals surface area (Å²) in [6, 6.07) is 5.45. The Balaban J connectivity index is 1.45. The summed E-state index contributed by atoms with van der Waals surface area (Å²) in [6.45, 7) is 3.07. The average Bonchev–Trinajstić information content (AvgIpc) is 3.42. The van der Waals surface area contributed by atoms with E-state index < -0.39 is 18.6 Å². The lowest BCUT2D eigenvalue weighted by molar-refractivity contribution is -0.160. The molecule has 30 heavy (non-hydrogen) atoms. The number of fused-ring (bicyclic) bond motifs is 5. The number of methoxy groups -OCH3 is 1. The Hall–Kier alpha value is -2.96. The molecular formula is C23H25NO6. The standard InChI is InChI=1S/C23H25NO6/c1-12(2)20(23(28)30-11-17(25)13-6-8-16(29-3)9-7-13)24-21(26)18-14-4-5-15(10-14)19(18)22(24)27/h4-9,12,14-15,18-20H,10-11H2,1-3H3/t14-,15+,18-,19+,20-/m1/s1. The number of amides is 2. The molecule has 7 heteroatoms. The van der Waals surface area contributed by atoms with E-state index in [-0.39, 0.29) is 47.2 Å². The molecule has 7 nitrogen and oxygen atoms in total. The molecule has 1 aromatic carbocycles. The van der Waals surface area contributed by atoms with E-state index >= 15 is 0 Å². The third-order valence-electron chi connectivity index (χ3n) is 6.41. The molecule has 0 aromatic heterocycles. The zero-order valence-electron chi connectivity index (χ0n) is 17.2. The number of Topliss-reactive ketones (excluding diaryl/α,β-unsaturated/α-hetero) is 1. The summed E-state index contributed by atoms with van der Waals surface area (Å²) < 4.78 is 10.3. The van der Waals surface area contributed by atoms with Gasteiger partial charge in [-0.2, -0.15) is 0 Å². The summed E-state index contributed by atoms with van der Waals surface area (Å²) in [7, 11) is 1.53. The highest BCUT2D eigenvalue weighted by Crippen LogP contribution is 2.53. The van der Waals surface area contributed by atoms with Crippen LogP contribution in [0.25, 0.3) is 0 Å². The number of allylic oxidation sites excluding steroid dienone is 2. The van der Waals surface area contributed by atoms with E-state index in [0.29, 0.717) is 11.3 Å². The third-order valence-corrected chi connectivity index (χ3v) is 6.41. The first-order valence-corrected chi connectivity index (χ1v) is 10.2. The number of carbonyl (C=O) groups is 4. The van der Waals surface area contributed by atoms with Gasteiger partial charge in [-0.1, -0.05) is 26.0 Å². The maximum Gasteiger partial charge on any atom is 0.330 e. The van der Waals surface area contributed by atoms with Crippen LogP contribution in [0.2, 0.25) is 0 Å². The fraction of sp³-hybridized carbons (Fsp3) is 0.478. The second-order valence-electron chi connectivity index (χ2n) is 8.49. The molecule has 1 aromatic rings. The van der Waals surface area contributed by atoms with Crippen LogP contribution < -0.4 is 4.74 Å². The lowest BCUT2D eigenvalue weighted by Gasteiger charge is -2.28. The van der Waals surface area contributed by atoms with Crippen LogP contribution >= 0.6 is 0 Å². The first-order chi connectivity index (χ1) is 14.3. The molecular weight excluding hydrogens is 386 g/mol. The van der Waals surface area contributed by atoms with Gasteiger partial charge < -0.3 is 9.47 Å². The number of hydrogen-bond donors (Lipinski definition) is 0. The summed E-state index contributed by atoms with van der Waals surface area (Å²) in [6.07, 6.45) is 4.85. The van der Waals surface area contributed by atoms with Crippen molar-refractivity contribution in [3.8, 4) is 5.75 Å². The Morgan fingerprint density at radius 3 is 2.10 bits per heavy atom. The van der Waals surface area contributed by atoms with Crippen LogP contribution in [0.3, 0.4) is 0 Å². The summed E-state index contributed by atoms with van der Waals surface area (Å²) in [5, 5.41) is 0. The van der Waals surface area contributed by atoms with Gasteiger partial charge in [0.15, 0.2) is 12.4 Å². The molecule has 2 aliphatic carbocycles. The van der Waals surface area contributed by atoms with Gasteiger partial charge in [-0.05, 0) is 48.4 Å². The Kier molecular flexibility index (Phi) is 5.22. The lowest BCUT2D eigenvalue weighted by Crippen LogP contribution is -2.50. The number of ether oxygens (including phenoxy) is 2. The fourth-order valence-corrected chi connectivity index (χ4v) is 4.96. The van der Waals surface area contributed by atoms with Crippen LogP contribution in [-0.4, -0.2) is 48.2 Å². The van der Waals surface area contributed by atoms with Crippen LogP contribution in [0.5, 0.6) is 5.75 Å².